The molecule has 2 rings (SSSR count). The van der Waals surface area contributed by atoms with Gasteiger partial charge < -0.3 is 15.4 Å². The van der Waals surface area contributed by atoms with Gasteiger partial charge in [0.05, 0.1) is 18.6 Å². The topological polar surface area (TPSA) is 84.5 Å². The third-order valence-corrected chi connectivity index (χ3v) is 3.97. The van der Waals surface area contributed by atoms with Crippen molar-refractivity contribution in [1.29, 1.82) is 0 Å². The first-order valence-electron chi connectivity index (χ1n) is 9.19. The van der Waals surface area contributed by atoms with Gasteiger partial charge in [-0.15, -0.1) is 0 Å². The van der Waals surface area contributed by atoms with Crippen LogP contribution in [0.4, 0.5) is 5.69 Å². The number of esters is 1. The Morgan fingerprint density at radius 1 is 1.04 bits per heavy atom. The number of hydrogen-bond donors (Lipinski definition) is 2. The Morgan fingerprint density at radius 3 is 2.32 bits per heavy atom. The summed E-state index contributed by atoms with van der Waals surface area (Å²) in [6, 6.07) is 13.7. The molecule has 6 nitrogen and oxygen atoms in total. The minimum Gasteiger partial charge on any atom is -0.463 e. The minimum atomic E-state index is -0.524. The second-order valence-corrected chi connectivity index (χ2v) is 6.94. The quantitative estimate of drug-likeness (QED) is 0.714. The van der Waals surface area contributed by atoms with Gasteiger partial charge >= 0.3 is 5.97 Å². The van der Waals surface area contributed by atoms with Gasteiger partial charge in [-0.25, -0.2) is 0 Å². The summed E-state index contributed by atoms with van der Waals surface area (Å²) in [5.41, 5.74) is 2.83. The normalized spacial score (nSPS) is 11.6. The van der Waals surface area contributed by atoms with E-state index >= 15 is 0 Å². The van der Waals surface area contributed by atoms with Gasteiger partial charge in [0, 0.05) is 18.2 Å². The van der Waals surface area contributed by atoms with Gasteiger partial charge in [0.25, 0.3) is 5.91 Å². The van der Waals surface area contributed by atoms with Crippen LogP contribution in [0, 0.1) is 6.92 Å². The van der Waals surface area contributed by atoms with Crippen molar-refractivity contribution in [3.8, 4) is 0 Å². The van der Waals surface area contributed by atoms with Gasteiger partial charge in [-0.05, 0) is 44.5 Å². The molecule has 0 aliphatic heterocycles. The van der Waals surface area contributed by atoms with E-state index in [0.717, 1.165) is 11.1 Å². The number of hydrogen-bond acceptors (Lipinski definition) is 4. The van der Waals surface area contributed by atoms with E-state index in [1.54, 1.807) is 38.1 Å². The van der Waals surface area contributed by atoms with Crippen LogP contribution in [0.3, 0.4) is 0 Å². The van der Waals surface area contributed by atoms with Crippen molar-refractivity contribution in [2.45, 2.75) is 46.3 Å². The monoisotopic (exact) mass is 382 g/mol. The van der Waals surface area contributed by atoms with E-state index in [-0.39, 0.29) is 30.3 Å². The Bertz CT molecular complexity index is 844. The van der Waals surface area contributed by atoms with Crippen LogP contribution in [-0.4, -0.2) is 23.9 Å². The van der Waals surface area contributed by atoms with E-state index < -0.39 is 6.04 Å². The lowest BCUT2D eigenvalue weighted by molar-refractivity contribution is -0.148. The number of ether oxygens (including phenoxy) is 1. The van der Waals surface area contributed by atoms with Crippen LogP contribution in [0.5, 0.6) is 0 Å². The first-order chi connectivity index (χ1) is 13.2. The maximum Gasteiger partial charge on any atom is 0.308 e. The van der Waals surface area contributed by atoms with Crippen LogP contribution in [-0.2, 0) is 14.3 Å². The molecule has 0 bridgehead atoms. The van der Waals surface area contributed by atoms with Crippen molar-refractivity contribution >= 4 is 23.5 Å². The zero-order valence-corrected chi connectivity index (χ0v) is 16.6. The summed E-state index contributed by atoms with van der Waals surface area (Å²) in [7, 11) is 0. The van der Waals surface area contributed by atoms with Crippen LogP contribution < -0.4 is 10.6 Å². The zero-order chi connectivity index (χ0) is 20.7. The molecule has 2 aromatic carbocycles. The summed E-state index contributed by atoms with van der Waals surface area (Å²) < 4.78 is 5.24. The van der Waals surface area contributed by atoms with Gasteiger partial charge in [-0.2, -0.15) is 0 Å². The highest BCUT2D eigenvalue weighted by Gasteiger charge is 2.21. The van der Waals surface area contributed by atoms with Gasteiger partial charge in [0.15, 0.2) is 0 Å². The molecule has 2 N–H and O–H groups in total. The third kappa shape index (κ3) is 6.54. The number of amides is 2. The predicted molar refractivity (Wildman–Crippen MR) is 108 cm³/mol. The molecule has 2 amide bonds. The number of benzene rings is 2. The van der Waals surface area contributed by atoms with Crippen molar-refractivity contribution in [2.75, 3.05) is 5.32 Å². The van der Waals surface area contributed by atoms with E-state index in [1.807, 2.05) is 31.2 Å². The standard InChI is InChI=1S/C22H26N2O4/c1-14(2)28-21(26)13-20(17-10-8-15(3)9-11-17)24-22(27)18-6-5-7-19(12-18)23-16(4)25/h5-12,14,20H,13H2,1-4H3,(H,23,25)(H,24,27). The van der Waals surface area contributed by atoms with Crippen LogP contribution in [0.2, 0.25) is 0 Å². The van der Waals surface area contributed by atoms with Gasteiger partial charge in [-0.1, -0.05) is 35.9 Å². The average Bonchev–Trinajstić information content (AvgIpc) is 2.60. The summed E-state index contributed by atoms with van der Waals surface area (Å²) in [4.78, 5) is 36.2. The maximum absolute atomic E-state index is 12.8. The fraction of sp³-hybridized carbons (Fsp3) is 0.318. The number of nitrogens with one attached hydrogen (secondary N) is 2. The average molecular weight is 382 g/mol. The van der Waals surface area contributed by atoms with Crippen molar-refractivity contribution < 1.29 is 19.1 Å². The molecule has 28 heavy (non-hydrogen) atoms. The Kier molecular flexibility index (Phi) is 7.32. The van der Waals surface area contributed by atoms with Crippen molar-refractivity contribution in [3.63, 3.8) is 0 Å². The predicted octanol–water partition coefficient (Wildman–Crippen LogP) is 3.77. The van der Waals surface area contributed by atoms with E-state index in [2.05, 4.69) is 10.6 Å². The number of rotatable bonds is 7. The van der Waals surface area contributed by atoms with Crippen LogP contribution in [0.25, 0.3) is 0 Å². The second kappa shape index (κ2) is 9.69. The molecule has 1 atom stereocenters. The lowest BCUT2D eigenvalue weighted by atomic mass is 10.0. The number of carbonyl (C=O) groups is 3. The largest absolute Gasteiger partial charge is 0.463 e. The molecule has 0 saturated carbocycles. The number of anilines is 1. The Hall–Kier alpha value is -3.15. The highest BCUT2D eigenvalue weighted by Crippen LogP contribution is 2.20. The molecule has 0 heterocycles. The smallest absolute Gasteiger partial charge is 0.308 e. The molecule has 148 valence electrons. The summed E-state index contributed by atoms with van der Waals surface area (Å²) in [6.07, 6.45) is -0.200. The van der Waals surface area contributed by atoms with Gasteiger partial charge in [-0.3, -0.25) is 14.4 Å². The molecule has 2 aromatic rings. The van der Waals surface area contributed by atoms with Crippen molar-refractivity contribution in [3.05, 3.63) is 65.2 Å². The highest BCUT2D eigenvalue weighted by molar-refractivity contribution is 5.97. The fourth-order valence-electron chi connectivity index (χ4n) is 2.71. The van der Waals surface area contributed by atoms with Gasteiger partial charge in [0.1, 0.15) is 0 Å². The van der Waals surface area contributed by atoms with E-state index in [9.17, 15) is 14.4 Å². The van der Waals surface area contributed by atoms with Crippen LogP contribution in [0.15, 0.2) is 48.5 Å². The molecule has 0 aliphatic rings. The molecule has 6 heteroatoms. The molecular weight excluding hydrogens is 356 g/mol. The van der Waals surface area contributed by atoms with E-state index in [1.165, 1.54) is 6.92 Å². The third-order valence-electron chi connectivity index (χ3n) is 3.97. The molecule has 0 aliphatic carbocycles. The molecule has 0 fully saturated rings. The number of carbonyl (C=O) groups excluding carboxylic acids is 3. The molecule has 0 spiro atoms. The summed E-state index contributed by atoms with van der Waals surface area (Å²) >= 11 is 0. The Balaban J connectivity index is 2.21. The van der Waals surface area contributed by atoms with E-state index in [4.69, 9.17) is 4.74 Å². The van der Waals surface area contributed by atoms with Crippen molar-refractivity contribution in [2.24, 2.45) is 0 Å². The Morgan fingerprint density at radius 2 is 1.71 bits per heavy atom. The molecule has 0 radical (unpaired) electrons. The number of aryl methyl sites for hydroxylation is 1. The van der Waals surface area contributed by atoms with Crippen molar-refractivity contribution in [1.82, 2.24) is 5.32 Å². The molecular formula is C22H26N2O4. The highest BCUT2D eigenvalue weighted by atomic mass is 16.5. The lowest BCUT2D eigenvalue weighted by Crippen LogP contribution is -2.31. The van der Waals surface area contributed by atoms with Crippen LogP contribution in [0.1, 0.15) is 54.7 Å². The molecule has 0 aromatic heterocycles. The van der Waals surface area contributed by atoms with Gasteiger partial charge in [0.2, 0.25) is 5.91 Å². The fourth-order valence-corrected chi connectivity index (χ4v) is 2.71. The van der Waals surface area contributed by atoms with Crippen LogP contribution >= 0.6 is 0 Å². The molecule has 1 unspecified atom stereocenters. The van der Waals surface area contributed by atoms with E-state index in [0.29, 0.717) is 11.3 Å². The second-order valence-electron chi connectivity index (χ2n) is 6.94. The SMILES string of the molecule is CC(=O)Nc1cccc(C(=O)NC(CC(=O)OC(C)C)c2ccc(C)cc2)c1. The maximum atomic E-state index is 12.8. The summed E-state index contributed by atoms with van der Waals surface area (Å²) in [6.45, 7) is 6.94. The minimum absolute atomic E-state index is 0.0262. The Labute approximate surface area is 165 Å². The lowest BCUT2D eigenvalue weighted by Gasteiger charge is -2.20. The zero-order valence-electron chi connectivity index (χ0n) is 16.6. The summed E-state index contributed by atoms with van der Waals surface area (Å²) in [5.74, 6) is -0.936. The molecule has 0 saturated heterocycles. The first kappa shape index (κ1) is 21.2. The first-order valence-corrected chi connectivity index (χ1v) is 9.19. The summed E-state index contributed by atoms with van der Waals surface area (Å²) in [5, 5.41) is 5.55.